The molecule has 0 aliphatic carbocycles. The molecule has 17 heavy (non-hydrogen) atoms. The van der Waals surface area contributed by atoms with Crippen LogP contribution in [0.25, 0.3) is 0 Å². The van der Waals surface area contributed by atoms with Gasteiger partial charge in [0.25, 0.3) is 0 Å². The zero-order valence-electron chi connectivity index (χ0n) is 10.4. The van der Waals surface area contributed by atoms with E-state index in [4.69, 9.17) is 11.6 Å². The molecule has 0 aliphatic heterocycles. The highest BCUT2D eigenvalue weighted by atomic mass is 35.5. The lowest BCUT2D eigenvalue weighted by Crippen LogP contribution is -2.34. The van der Waals surface area contributed by atoms with Gasteiger partial charge in [-0.25, -0.2) is 17.7 Å². The van der Waals surface area contributed by atoms with Crippen molar-refractivity contribution in [3.8, 4) is 0 Å². The molecular formula is C11H17ClN2O2S. The van der Waals surface area contributed by atoms with Crippen LogP contribution in [-0.2, 0) is 10.0 Å². The number of hydrogen-bond donors (Lipinski definition) is 0. The van der Waals surface area contributed by atoms with Crippen LogP contribution in [0.4, 0.5) is 0 Å². The lowest BCUT2D eigenvalue weighted by Gasteiger charge is -2.25. The largest absolute Gasteiger partial charge is 0.244 e. The van der Waals surface area contributed by atoms with E-state index in [9.17, 15) is 8.42 Å². The zero-order valence-corrected chi connectivity index (χ0v) is 12.0. The Morgan fingerprint density at radius 2 is 1.94 bits per heavy atom. The lowest BCUT2D eigenvalue weighted by molar-refractivity contribution is 0.310. The molecule has 1 rings (SSSR count). The molecule has 6 heteroatoms. The number of rotatable bonds is 3. The van der Waals surface area contributed by atoms with E-state index in [1.54, 1.807) is 7.05 Å². The zero-order chi connectivity index (χ0) is 13.3. The van der Waals surface area contributed by atoms with Crippen LogP contribution in [-0.4, -0.2) is 31.3 Å². The third-order valence-electron chi connectivity index (χ3n) is 2.11. The normalized spacial score (nSPS) is 13.1. The highest BCUT2D eigenvalue weighted by Gasteiger charge is 2.25. The molecule has 96 valence electrons. The van der Waals surface area contributed by atoms with Gasteiger partial charge in [-0.1, -0.05) is 32.4 Å². The van der Waals surface area contributed by atoms with Crippen LogP contribution in [0.5, 0.6) is 0 Å². The second-order valence-corrected chi connectivity index (χ2v) is 7.57. The summed E-state index contributed by atoms with van der Waals surface area (Å²) in [7, 11) is -1.91. The van der Waals surface area contributed by atoms with Gasteiger partial charge in [0.15, 0.2) is 0 Å². The molecule has 0 bridgehead atoms. The standard InChI is InChI=1S/C11H17ClN2O2S/c1-11(2,3)8-14(4)17(15,16)9-5-6-10(12)13-7-9/h5-7H,8H2,1-4H3. The third kappa shape index (κ3) is 3.94. The molecule has 0 fully saturated rings. The Kier molecular flexibility index (Phi) is 4.17. The predicted molar refractivity (Wildman–Crippen MR) is 68.5 cm³/mol. The van der Waals surface area contributed by atoms with Crippen molar-refractivity contribution in [1.82, 2.24) is 9.29 Å². The van der Waals surface area contributed by atoms with Gasteiger partial charge in [0, 0.05) is 19.8 Å². The third-order valence-corrected chi connectivity index (χ3v) is 4.12. The van der Waals surface area contributed by atoms with Crippen LogP contribution >= 0.6 is 11.6 Å². The molecule has 0 unspecified atom stereocenters. The molecule has 0 aromatic carbocycles. The molecule has 1 aromatic rings. The first-order valence-electron chi connectivity index (χ1n) is 5.21. The first-order valence-corrected chi connectivity index (χ1v) is 7.03. The van der Waals surface area contributed by atoms with Crippen molar-refractivity contribution in [3.05, 3.63) is 23.5 Å². The van der Waals surface area contributed by atoms with Crippen LogP contribution in [0.2, 0.25) is 5.15 Å². The van der Waals surface area contributed by atoms with E-state index in [1.807, 2.05) is 20.8 Å². The first kappa shape index (κ1) is 14.4. The number of aromatic nitrogens is 1. The summed E-state index contributed by atoms with van der Waals surface area (Å²) in [5.41, 5.74) is -0.0956. The van der Waals surface area contributed by atoms with Crippen molar-refractivity contribution in [2.45, 2.75) is 25.7 Å². The van der Waals surface area contributed by atoms with Gasteiger partial charge in [-0.2, -0.15) is 0 Å². The Hall–Kier alpha value is -0.650. The molecule has 1 heterocycles. The molecule has 0 aliphatic rings. The average molecular weight is 277 g/mol. The second-order valence-electron chi connectivity index (χ2n) is 5.14. The summed E-state index contributed by atoms with van der Waals surface area (Å²) in [6.45, 7) is 6.40. The van der Waals surface area contributed by atoms with E-state index in [0.29, 0.717) is 6.54 Å². The molecule has 0 saturated heterocycles. The van der Waals surface area contributed by atoms with Gasteiger partial charge >= 0.3 is 0 Å². The van der Waals surface area contributed by atoms with Gasteiger partial charge < -0.3 is 0 Å². The quantitative estimate of drug-likeness (QED) is 0.797. The number of nitrogens with zero attached hydrogens (tertiary/aromatic N) is 2. The molecule has 0 atom stereocenters. The van der Waals surface area contributed by atoms with Crippen molar-refractivity contribution < 1.29 is 8.42 Å². The topological polar surface area (TPSA) is 50.3 Å². The van der Waals surface area contributed by atoms with E-state index in [-0.39, 0.29) is 15.5 Å². The molecule has 0 spiro atoms. The summed E-state index contributed by atoms with van der Waals surface area (Å²) >= 11 is 5.63. The van der Waals surface area contributed by atoms with Crippen LogP contribution in [0.3, 0.4) is 0 Å². The Morgan fingerprint density at radius 1 is 1.35 bits per heavy atom. The highest BCUT2D eigenvalue weighted by Crippen LogP contribution is 2.20. The maximum absolute atomic E-state index is 12.2. The lowest BCUT2D eigenvalue weighted by atomic mass is 9.97. The Balaban J connectivity index is 2.99. The summed E-state index contributed by atoms with van der Waals surface area (Å²) in [5, 5.41) is 0.280. The van der Waals surface area contributed by atoms with Gasteiger partial charge in [-0.3, -0.25) is 0 Å². The van der Waals surface area contributed by atoms with Gasteiger partial charge in [0.2, 0.25) is 10.0 Å². The van der Waals surface area contributed by atoms with Gasteiger partial charge in [0.1, 0.15) is 10.0 Å². The van der Waals surface area contributed by atoms with Crippen molar-refractivity contribution in [3.63, 3.8) is 0 Å². The fraction of sp³-hybridized carbons (Fsp3) is 0.545. The minimum absolute atomic E-state index is 0.0956. The van der Waals surface area contributed by atoms with Crippen LogP contribution in [0.15, 0.2) is 23.2 Å². The molecule has 0 radical (unpaired) electrons. The molecule has 0 N–H and O–H groups in total. The second kappa shape index (κ2) is 4.92. The Bertz CT molecular complexity index is 477. The van der Waals surface area contributed by atoms with Gasteiger partial charge in [-0.15, -0.1) is 0 Å². The monoisotopic (exact) mass is 276 g/mol. The van der Waals surface area contributed by atoms with Gasteiger partial charge in [0.05, 0.1) is 0 Å². The van der Waals surface area contributed by atoms with Gasteiger partial charge in [-0.05, 0) is 17.5 Å². The van der Waals surface area contributed by atoms with Crippen molar-refractivity contribution in [1.29, 1.82) is 0 Å². The summed E-state index contributed by atoms with van der Waals surface area (Å²) in [5.74, 6) is 0. The van der Waals surface area contributed by atoms with E-state index >= 15 is 0 Å². The number of pyridine rings is 1. The van der Waals surface area contributed by atoms with E-state index < -0.39 is 10.0 Å². The van der Waals surface area contributed by atoms with E-state index in [1.165, 1.54) is 22.6 Å². The smallest absolute Gasteiger partial charge is 0.243 e. The maximum atomic E-state index is 12.2. The van der Waals surface area contributed by atoms with Crippen molar-refractivity contribution in [2.75, 3.05) is 13.6 Å². The number of halogens is 1. The summed E-state index contributed by atoms with van der Waals surface area (Å²) < 4.78 is 25.7. The Morgan fingerprint density at radius 3 is 2.35 bits per heavy atom. The minimum atomic E-state index is -3.48. The number of sulfonamides is 1. The molecule has 0 saturated carbocycles. The van der Waals surface area contributed by atoms with E-state index in [2.05, 4.69) is 4.98 Å². The summed E-state index contributed by atoms with van der Waals surface area (Å²) in [4.78, 5) is 3.94. The fourth-order valence-electron chi connectivity index (χ4n) is 1.45. The molecule has 4 nitrogen and oxygen atoms in total. The molecule has 1 aromatic heterocycles. The average Bonchev–Trinajstić information content (AvgIpc) is 2.15. The number of hydrogen-bond acceptors (Lipinski definition) is 3. The predicted octanol–water partition coefficient (Wildman–Crippen LogP) is 2.40. The van der Waals surface area contributed by atoms with Crippen molar-refractivity contribution >= 4 is 21.6 Å². The van der Waals surface area contributed by atoms with Crippen LogP contribution in [0, 0.1) is 5.41 Å². The first-order chi connectivity index (χ1) is 7.63. The van der Waals surface area contributed by atoms with Crippen LogP contribution < -0.4 is 0 Å². The summed E-state index contributed by atoms with van der Waals surface area (Å²) in [6, 6.07) is 2.93. The fourth-order valence-corrected chi connectivity index (χ4v) is 2.90. The maximum Gasteiger partial charge on any atom is 0.244 e. The summed E-state index contributed by atoms with van der Waals surface area (Å²) in [6.07, 6.45) is 1.27. The van der Waals surface area contributed by atoms with E-state index in [0.717, 1.165) is 0 Å². The SMILES string of the molecule is CN(CC(C)(C)C)S(=O)(=O)c1ccc(Cl)nc1. The highest BCUT2D eigenvalue weighted by molar-refractivity contribution is 7.89. The van der Waals surface area contributed by atoms with Crippen LogP contribution in [0.1, 0.15) is 20.8 Å². The molecule has 0 amide bonds. The molecular weight excluding hydrogens is 260 g/mol. The Labute approximate surface area is 108 Å². The van der Waals surface area contributed by atoms with Crippen molar-refractivity contribution in [2.24, 2.45) is 5.41 Å². The minimum Gasteiger partial charge on any atom is -0.243 e.